The number of aryl methyl sites for hydroxylation is 1. The largest absolute Gasteiger partial charge is 0.345 e. The highest BCUT2D eigenvalue weighted by Crippen LogP contribution is 2.45. The summed E-state index contributed by atoms with van der Waals surface area (Å²) in [6, 6.07) is 4.53. The zero-order valence-corrected chi connectivity index (χ0v) is 18.7. The smallest absolute Gasteiger partial charge is 0.342 e. The Hall–Kier alpha value is -1.89. The van der Waals surface area contributed by atoms with Gasteiger partial charge >= 0.3 is 5.69 Å². The maximum absolute atomic E-state index is 13.7. The Balaban J connectivity index is 1.33. The van der Waals surface area contributed by atoms with Gasteiger partial charge in [-0.1, -0.05) is 31.7 Å². The third-order valence-electron chi connectivity index (χ3n) is 7.68. The molecule has 162 valence electrons. The van der Waals surface area contributed by atoms with Gasteiger partial charge in [0, 0.05) is 37.0 Å². The van der Waals surface area contributed by atoms with Crippen LogP contribution in [0, 0.1) is 0 Å². The van der Waals surface area contributed by atoms with Gasteiger partial charge in [0.2, 0.25) is 5.91 Å². The van der Waals surface area contributed by atoms with E-state index in [1.807, 2.05) is 4.57 Å². The van der Waals surface area contributed by atoms with Gasteiger partial charge in [0.15, 0.2) is 0 Å². The first-order valence-corrected chi connectivity index (χ1v) is 12.5. The molecule has 3 fully saturated rings. The molecule has 6 nitrogen and oxygen atoms in total. The third kappa shape index (κ3) is 3.26. The number of nitrogens with zero attached hydrogens (tertiary/aromatic N) is 4. The minimum atomic E-state index is -0.294. The molecule has 0 bridgehead atoms. The van der Waals surface area contributed by atoms with E-state index in [0.717, 1.165) is 70.3 Å². The van der Waals surface area contributed by atoms with Gasteiger partial charge in [-0.25, -0.2) is 9.48 Å². The van der Waals surface area contributed by atoms with Crippen molar-refractivity contribution in [2.75, 3.05) is 13.1 Å². The van der Waals surface area contributed by atoms with E-state index < -0.39 is 0 Å². The Morgan fingerprint density at radius 1 is 1.10 bits per heavy atom. The monoisotopic (exact) mass is 428 g/mol. The summed E-state index contributed by atoms with van der Waals surface area (Å²) in [5, 5.41) is 6.74. The van der Waals surface area contributed by atoms with Gasteiger partial charge in [0.25, 0.3) is 0 Å². The molecule has 1 saturated heterocycles. The summed E-state index contributed by atoms with van der Waals surface area (Å²) in [4.78, 5) is 29.7. The van der Waals surface area contributed by atoms with Gasteiger partial charge in [-0.2, -0.15) is 5.10 Å². The molecule has 2 saturated carbocycles. The third-order valence-corrected chi connectivity index (χ3v) is 8.75. The highest BCUT2D eigenvalue weighted by atomic mass is 32.1. The quantitative estimate of drug-likeness (QED) is 0.740. The van der Waals surface area contributed by atoms with E-state index in [1.54, 1.807) is 18.4 Å². The highest BCUT2D eigenvalue weighted by Gasteiger charge is 2.46. The molecule has 30 heavy (non-hydrogen) atoms. The summed E-state index contributed by atoms with van der Waals surface area (Å²) in [6.45, 7) is 1.54. The average molecular weight is 429 g/mol. The maximum atomic E-state index is 13.7. The average Bonchev–Trinajstić information content (AvgIpc) is 3.56. The number of carbonyl (C=O) groups is 1. The number of carbonyl (C=O) groups excluding carboxylic acids is 1. The molecule has 2 aromatic rings. The molecule has 0 spiro atoms. The van der Waals surface area contributed by atoms with Crippen molar-refractivity contribution in [3.05, 3.63) is 38.7 Å². The van der Waals surface area contributed by atoms with Gasteiger partial charge in [-0.3, -0.25) is 9.36 Å². The molecule has 1 amide bonds. The Kier molecular flexibility index (Phi) is 5.33. The molecule has 7 heteroatoms. The Labute approximate surface area is 181 Å². The van der Waals surface area contributed by atoms with Crippen LogP contribution in [0.4, 0.5) is 0 Å². The topological polar surface area (TPSA) is 60.1 Å². The lowest BCUT2D eigenvalue weighted by atomic mass is 9.82. The lowest BCUT2D eigenvalue weighted by Crippen LogP contribution is -2.48. The van der Waals surface area contributed by atoms with Crippen LogP contribution >= 0.6 is 11.3 Å². The molecule has 0 N–H and O–H groups in total. The number of piperidine rings is 1. The van der Waals surface area contributed by atoms with E-state index >= 15 is 0 Å². The summed E-state index contributed by atoms with van der Waals surface area (Å²) in [5.74, 6) is 1.55. The normalized spacial score (nSPS) is 22.8. The van der Waals surface area contributed by atoms with Crippen molar-refractivity contribution < 1.29 is 4.79 Å². The van der Waals surface area contributed by atoms with Gasteiger partial charge in [0.1, 0.15) is 5.82 Å². The van der Waals surface area contributed by atoms with Gasteiger partial charge in [-0.05, 0) is 50.0 Å². The lowest BCUT2D eigenvalue weighted by Gasteiger charge is -2.38. The van der Waals surface area contributed by atoms with Crippen molar-refractivity contribution in [1.29, 1.82) is 0 Å². The molecular formula is C23H32N4O2S. The number of hydrogen-bond acceptors (Lipinski definition) is 4. The number of aromatic nitrogens is 3. The first-order chi connectivity index (χ1) is 14.6. The first kappa shape index (κ1) is 20.0. The van der Waals surface area contributed by atoms with Crippen LogP contribution in [0.3, 0.4) is 0 Å². The molecule has 0 unspecified atom stereocenters. The van der Waals surface area contributed by atoms with Crippen molar-refractivity contribution in [2.45, 2.75) is 81.6 Å². The van der Waals surface area contributed by atoms with Gasteiger partial charge in [0.05, 0.1) is 5.41 Å². The minimum absolute atomic E-state index is 0.0259. The zero-order valence-electron chi connectivity index (χ0n) is 17.9. The fraction of sp³-hybridized carbons (Fsp3) is 0.696. The Morgan fingerprint density at radius 2 is 1.80 bits per heavy atom. The van der Waals surface area contributed by atoms with Crippen molar-refractivity contribution in [3.63, 3.8) is 0 Å². The van der Waals surface area contributed by atoms with Crippen molar-refractivity contribution in [3.8, 4) is 0 Å². The number of amides is 1. The van der Waals surface area contributed by atoms with Crippen LogP contribution in [0.25, 0.3) is 0 Å². The number of thiophene rings is 1. The van der Waals surface area contributed by atoms with Crippen molar-refractivity contribution in [2.24, 2.45) is 7.05 Å². The molecule has 0 atom stereocenters. The van der Waals surface area contributed by atoms with Crippen molar-refractivity contribution in [1.82, 2.24) is 19.2 Å². The van der Waals surface area contributed by atoms with Crippen LogP contribution in [-0.4, -0.2) is 38.2 Å². The lowest BCUT2D eigenvalue weighted by molar-refractivity contribution is -0.138. The van der Waals surface area contributed by atoms with Gasteiger partial charge < -0.3 is 4.90 Å². The maximum Gasteiger partial charge on any atom is 0.345 e. The fourth-order valence-corrected chi connectivity index (χ4v) is 7.00. The predicted molar refractivity (Wildman–Crippen MR) is 118 cm³/mol. The second-order valence-electron chi connectivity index (χ2n) is 9.41. The predicted octanol–water partition coefficient (Wildman–Crippen LogP) is 3.98. The molecule has 1 aliphatic heterocycles. The zero-order chi connectivity index (χ0) is 20.7. The van der Waals surface area contributed by atoms with E-state index in [9.17, 15) is 9.59 Å². The number of rotatable bonds is 4. The molecule has 0 radical (unpaired) electrons. The summed E-state index contributed by atoms with van der Waals surface area (Å²) >= 11 is 1.73. The van der Waals surface area contributed by atoms with Crippen LogP contribution in [0.15, 0.2) is 22.3 Å². The molecule has 2 aliphatic carbocycles. The Bertz CT molecular complexity index is 941. The summed E-state index contributed by atoms with van der Waals surface area (Å²) in [5.41, 5.74) is -0.268. The molecule has 3 heterocycles. The SMILES string of the molecule is Cn1nc(C2CCN(C(=O)C3(c4cccs4)CCCC3)CC2)n(C2CCCC2)c1=O. The molecular weight excluding hydrogens is 396 g/mol. The molecule has 3 aliphatic rings. The van der Waals surface area contributed by atoms with Crippen LogP contribution in [0.1, 0.15) is 86.9 Å². The molecule has 0 aromatic carbocycles. The van der Waals surface area contributed by atoms with Crippen molar-refractivity contribution >= 4 is 17.2 Å². The summed E-state index contributed by atoms with van der Waals surface area (Å²) in [7, 11) is 1.76. The summed E-state index contributed by atoms with van der Waals surface area (Å²) in [6.07, 6.45) is 10.6. The number of hydrogen-bond donors (Lipinski definition) is 0. The molecule has 5 rings (SSSR count). The van der Waals surface area contributed by atoms with Crippen LogP contribution < -0.4 is 5.69 Å². The summed E-state index contributed by atoms with van der Waals surface area (Å²) < 4.78 is 3.49. The second-order valence-corrected chi connectivity index (χ2v) is 10.4. The van der Waals surface area contributed by atoms with Crippen LogP contribution in [-0.2, 0) is 17.3 Å². The highest BCUT2D eigenvalue weighted by molar-refractivity contribution is 7.10. The first-order valence-electron chi connectivity index (χ1n) is 11.6. The van der Waals surface area contributed by atoms with Gasteiger partial charge in [-0.15, -0.1) is 11.3 Å². The minimum Gasteiger partial charge on any atom is -0.342 e. The van der Waals surface area contributed by atoms with E-state index in [4.69, 9.17) is 0 Å². The Morgan fingerprint density at radius 3 is 2.43 bits per heavy atom. The van der Waals surface area contributed by atoms with E-state index in [-0.39, 0.29) is 17.0 Å². The van der Waals surface area contributed by atoms with Crippen LogP contribution in [0.5, 0.6) is 0 Å². The van der Waals surface area contributed by atoms with E-state index in [0.29, 0.717) is 11.9 Å². The molecule has 2 aromatic heterocycles. The van der Waals surface area contributed by atoms with E-state index in [1.165, 1.54) is 22.4 Å². The standard InChI is InChI=1S/C23H32N4O2S/c1-25-22(29)27(18-7-2-3-8-18)20(24-25)17-10-14-26(15-11-17)21(28)23(12-4-5-13-23)19-9-6-16-30-19/h6,9,16-18H,2-5,7-8,10-15H2,1H3. The fourth-order valence-electron chi connectivity index (χ4n) is 6.02. The van der Waals surface area contributed by atoms with Crippen LogP contribution in [0.2, 0.25) is 0 Å². The number of likely N-dealkylation sites (tertiary alicyclic amines) is 1. The van der Waals surface area contributed by atoms with E-state index in [2.05, 4.69) is 27.5 Å². The second kappa shape index (κ2) is 7.98.